The molecule has 0 spiro atoms. The van der Waals surface area contributed by atoms with E-state index in [9.17, 15) is 19.2 Å². The van der Waals surface area contributed by atoms with Crippen molar-refractivity contribution < 1.29 is 23.9 Å². The number of aldehydes is 1. The molecule has 0 bridgehead atoms. The second-order valence-corrected chi connectivity index (χ2v) is 18.6. The highest BCUT2D eigenvalue weighted by Crippen LogP contribution is 2.22. The molecule has 0 aromatic rings. The molecular formula is C54H104N4O5. The van der Waals surface area contributed by atoms with Gasteiger partial charge in [0.2, 0.25) is 0 Å². The van der Waals surface area contributed by atoms with Crippen LogP contribution in [0.1, 0.15) is 266 Å². The number of likely N-dealkylation sites (N-methyl/N-ethyl adjacent to an activating group) is 1. The van der Waals surface area contributed by atoms with Gasteiger partial charge in [0.1, 0.15) is 23.8 Å². The molecule has 1 atom stereocenters. The van der Waals surface area contributed by atoms with E-state index in [1.165, 1.54) is 135 Å². The third-order valence-corrected chi connectivity index (χ3v) is 12.9. The lowest BCUT2D eigenvalue weighted by Crippen LogP contribution is -2.31. The highest BCUT2D eigenvalue weighted by molar-refractivity contribution is 6.18. The fourth-order valence-corrected chi connectivity index (χ4v) is 8.67. The summed E-state index contributed by atoms with van der Waals surface area (Å²) in [7, 11) is 1.64. The molecule has 0 aliphatic carbocycles. The van der Waals surface area contributed by atoms with Crippen molar-refractivity contribution in [1.29, 1.82) is 0 Å². The Bertz CT molecular complexity index is 1100. The van der Waals surface area contributed by atoms with E-state index in [1.54, 1.807) is 7.05 Å². The number of rotatable bonds is 46. The lowest BCUT2D eigenvalue weighted by Gasteiger charge is -2.22. The molecular weight excluding hydrogens is 785 g/mol. The molecule has 9 heteroatoms. The molecule has 1 aliphatic rings. The zero-order chi connectivity index (χ0) is 46.4. The zero-order valence-corrected chi connectivity index (χ0v) is 42.5. The van der Waals surface area contributed by atoms with Crippen LogP contribution < -0.4 is 16.0 Å². The average Bonchev–Trinajstić information content (AvgIpc) is 3.56. The fraction of sp³-hybridized carbons (Fsp3) is 0.889. The van der Waals surface area contributed by atoms with E-state index >= 15 is 0 Å². The summed E-state index contributed by atoms with van der Waals surface area (Å²) in [6.45, 7) is 15.0. The number of hydrogen-bond donors (Lipinski definition) is 3. The Balaban J connectivity index is 0.00000169. The summed E-state index contributed by atoms with van der Waals surface area (Å²) < 4.78 is 5.75. The van der Waals surface area contributed by atoms with Gasteiger partial charge in [-0.1, -0.05) is 202 Å². The van der Waals surface area contributed by atoms with Crippen LogP contribution in [0.3, 0.4) is 0 Å². The Hall–Kier alpha value is -2.42. The normalized spacial score (nSPS) is 13.1. The molecule has 63 heavy (non-hydrogen) atoms. The van der Waals surface area contributed by atoms with Crippen molar-refractivity contribution in [3.63, 3.8) is 0 Å². The minimum Gasteiger partial charge on any atom is -0.462 e. The highest BCUT2D eigenvalue weighted by Gasteiger charge is 2.29. The molecule has 0 saturated heterocycles. The molecule has 1 heterocycles. The van der Waals surface area contributed by atoms with E-state index in [-0.39, 0.29) is 23.9 Å². The molecule has 9 nitrogen and oxygen atoms in total. The van der Waals surface area contributed by atoms with Crippen LogP contribution in [0.4, 0.5) is 0 Å². The maximum Gasteiger partial charge on any atom is 0.306 e. The molecule has 0 aromatic carbocycles. The molecule has 0 saturated carbocycles. The third-order valence-electron chi connectivity index (χ3n) is 12.9. The summed E-state index contributed by atoms with van der Waals surface area (Å²) in [5.74, 6) is 0.223. The molecule has 2 amide bonds. The summed E-state index contributed by atoms with van der Waals surface area (Å²) in [6.07, 6.45) is 45.3. The van der Waals surface area contributed by atoms with Crippen molar-refractivity contribution in [3.8, 4) is 0 Å². The summed E-state index contributed by atoms with van der Waals surface area (Å²) in [4.78, 5) is 49.2. The lowest BCUT2D eigenvalue weighted by atomic mass is 9.92. The maximum atomic E-state index is 12.3. The van der Waals surface area contributed by atoms with Gasteiger partial charge in [0.05, 0.1) is 0 Å². The van der Waals surface area contributed by atoms with Crippen molar-refractivity contribution in [2.24, 2.45) is 5.92 Å². The van der Waals surface area contributed by atoms with Crippen molar-refractivity contribution in [2.45, 2.75) is 272 Å². The maximum absolute atomic E-state index is 12.3. The molecule has 3 N–H and O–H groups in total. The van der Waals surface area contributed by atoms with Gasteiger partial charge in [-0.2, -0.15) is 0 Å². The van der Waals surface area contributed by atoms with Crippen molar-refractivity contribution >= 4 is 24.1 Å². The van der Waals surface area contributed by atoms with Gasteiger partial charge in [-0.25, -0.2) is 0 Å². The number of hydrogen-bond acceptors (Lipinski definition) is 8. The van der Waals surface area contributed by atoms with E-state index in [0.717, 1.165) is 115 Å². The number of amides is 2. The summed E-state index contributed by atoms with van der Waals surface area (Å²) >= 11 is 0. The molecule has 370 valence electrons. The predicted octanol–water partition coefficient (Wildman–Crippen LogP) is 13.8. The number of ether oxygens (including phenoxy) is 1. The third kappa shape index (κ3) is 36.5. The summed E-state index contributed by atoms with van der Waals surface area (Å²) in [5, 5.41) is 8.26. The molecule has 0 aromatic heterocycles. The van der Waals surface area contributed by atoms with Crippen LogP contribution in [0.15, 0.2) is 11.4 Å². The Labute approximate surface area is 390 Å². The number of imide groups is 1. The molecule has 0 radical (unpaired) electrons. The van der Waals surface area contributed by atoms with Crippen LogP contribution in [-0.4, -0.2) is 68.3 Å². The Morgan fingerprint density at radius 1 is 0.556 bits per heavy atom. The first-order valence-corrected chi connectivity index (χ1v) is 27.2. The van der Waals surface area contributed by atoms with Crippen molar-refractivity contribution in [1.82, 2.24) is 20.9 Å². The quantitative estimate of drug-likeness (QED) is 0.0239. The smallest absolute Gasteiger partial charge is 0.306 e. The Kier molecular flexibility index (Phi) is 44.4. The molecule has 1 unspecified atom stereocenters. The number of unbranched alkanes of at least 4 members (excludes halogenated alkanes) is 24. The van der Waals surface area contributed by atoms with Gasteiger partial charge in [0.15, 0.2) is 0 Å². The van der Waals surface area contributed by atoms with Crippen LogP contribution in [-0.2, 0) is 23.9 Å². The van der Waals surface area contributed by atoms with Crippen LogP contribution in [0.2, 0.25) is 0 Å². The van der Waals surface area contributed by atoms with Gasteiger partial charge in [0, 0.05) is 26.4 Å². The van der Waals surface area contributed by atoms with Gasteiger partial charge in [-0.05, 0) is 76.9 Å². The fourth-order valence-electron chi connectivity index (χ4n) is 8.67. The van der Waals surface area contributed by atoms with Gasteiger partial charge >= 0.3 is 5.97 Å². The monoisotopic (exact) mass is 889 g/mol. The zero-order valence-electron chi connectivity index (χ0n) is 42.5. The summed E-state index contributed by atoms with van der Waals surface area (Å²) in [5.41, 5.74) is 0.624. The Morgan fingerprint density at radius 2 is 1.00 bits per heavy atom. The van der Waals surface area contributed by atoms with E-state index in [1.807, 2.05) is 0 Å². The largest absolute Gasteiger partial charge is 0.462 e. The van der Waals surface area contributed by atoms with Gasteiger partial charge in [-0.3, -0.25) is 19.7 Å². The predicted molar refractivity (Wildman–Crippen MR) is 268 cm³/mol. The number of nitrogens with zero attached hydrogens (tertiary/aromatic N) is 1. The number of carbonyl (C=O) groups is 4. The number of esters is 1. The molecule has 0 fully saturated rings. The van der Waals surface area contributed by atoms with Gasteiger partial charge in [-0.15, -0.1) is 0 Å². The van der Waals surface area contributed by atoms with E-state index in [2.05, 4.69) is 55.5 Å². The minimum absolute atomic E-state index is 0.0363. The molecule has 1 aliphatic heterocycles. The first-order valence-electron chi connectivity index (χ1n) is 27.2. The highest BCUT2D eigenvalue weighted by atomic mass is 16.5. The SMILES string of the molecule is CCCCCCCCC(CC)CCCCCCCC.CCCCCCCCC(CC)OC(=O)CCCCCCCN(CCCCCCCC=O)CCCNC1=C(NC)C(=O)NC1=O. The van der Waals surface area contributed by atoms with Crippen LogP contribution in [0, 0.1) is 5.92 Å². The van der Waals surface area contributed by atoms with E-state index < -0.39 is 0 Å². The van der Waals surface area contributed by atoms with Gasteiger partial charge < -0.3 is 25.1 Å². The van der Waals surface area contributed by atoms with Crippen molar-refractivity contribution in [3.05, 3.63) is 11.4 Å². The standard InChI is InChI=1S/C35H64N4O5.C19H40/c1-4-6-7-8-12-17-23-30(5-2)44-31(41)24-18-13-11-15-20-27-39(26-19-14-9-10-16-21-29-40)28-22-25-37-33-32(36-3)34(42)38-35(33)43;1-4-7-9-11-13-15-17-19(6-3)18-16-14-12-10-8-5-2/h29-30H,4-28H2,1-3H3,(H3,36,37,38,42,43);19H,4-18H2,1-3H3. The van der Waals surface area contributed by atoms with Crippen molar-refractivity contribution in [2.75, 3.05) is 33.2 Å². The van der Waals surface area contributed by atoms with E-state index in [4.69, 9.17) is 4.74 Å². The van der Waals surface area contributed by atoms with Gasteiger partial charge in [0.25, 0.3) is 11.8 Å². The average molecular weight is 889 g/mol. The molecule has 1 rings (SSSR count). The summed E-state index contributed by atoms with van der Waals surface area (Å²) in [6, 6.07) is 0. The van der Waals surface area contributed by atoms with Crippen LogP contribution >= 0.6 is 0 Å². The lowest BCUT2D eigenvalue weighted by molar-refractivity contribution is -0.149. The second-order valence-electron chi connectivity index (χ2n) is 18.6. The topological polar surface area (TPSA) is 117 Å². The number of carbonyl (C=O) groups excluding carboxylic acids is 4. The van der Waals surface area contributed by atoms with E-state index in [0.29, 0.717) is 30.8 Å². The minimum atomic E-state index is -0.389. The first-order chi connectivity index (χ1) is 30.8. The van der Waals surface area contributed by atoms with Crippen LogP contribution in [0.25, 0.3) is 0 Å². The first kappa shape index (κ1) is 60.6. The van der Waals surface area contributed by atoms with Crippen LogP contribution in [0.5, 0.6) is 0 Å². The Morgan fingerprint density at radius 3 is 1.49 bits per heavy atom. The number of nitrogens with one attached hydrogen (secondary N) is 3. The second kappa shape index (κ2) is 46.1.